The Morgan fingerprint density at radius 3 is 1.72 bits per heavy atom. The monoisotopic (exact) mass is 271 g/mol. The van der Waals surface area contributed by atoms with Crippen LogP contribution in [0.2, 0.25) is 0 Å². The number of carbonyl (C=O) groups excluding carboxylic acids is 1. The molecule has 0 unspecified atom stereocenters. The van der Waals surface area contributed by atoms with Crippen LogP contribution in [-0.4, -0.2) is 42.1 Å². The summed E-state index contributed by atoms with van der Waals surface area (Å²) in [5.74, 6) is 1.57. The van der Waals surface area contributed by atoms with E-state index in [0.29, 0.717) is 23.1 Å². The van der Waals surface area contributed by atoms with Gasteiger partial charge in [-0.15, -0.1) is 0 Å². The Hall–Kier alpha value is -0.650. The fourth-order valence-corrected chi connectivity index (χ4v) is 8.30. The van der Waals surface area contributed by atoms with E-state index in [9.17, 15) is 4.79 Å². The number of ether oxygens (including phenoxy) is 1. The van der Waals surface area contributed by atoms with E-state index in [-0.39, 0.29) is 5.57 Å². The molecule has 0 saturated carbocycles. The number of esters is 1. The van der Waals surface area contributed by atoms with Gasteiger partial charge in [0.25, 0.3) is 0 Å². The van der Waals surface area contributed by atoms with Crippen LogP contribution >= 0.6 is 7.26 Å². The molecule has 4 heteroatoms. The molecule has 104 valence electrons. The number of nitrogens with zero attached hydrogens (tertiary/aromatic N) is 1. The molecule has 0 fully saturated rings. The third-order valence-electron chi connectivity index (χ3n) is 3.88. The molecule has 0 N–H and O–H groups in total. The quantitative estimate of drug-likeness (QED) is 0.321. The molecule has 0 bridgehead atoms. The summed E-state index contributed by atoms with van der Waals surface area (Å²) in [6.45, 7) is 13.3. The van der Waals surface area contributed by atoms with Gasteiger partial charge in [-0.1, -0.05) is 0 Å². The van der Waals surface area contributed by atoms with Crippen molar-refractivity contribution in [2.45, 2.75) is 58.5 Å². The molecule has 0 radical (unpaired) electrons. The molecule has 0 atom stereocenters. The van der Waals surface area contributed by atoms with Crippen molar-refractivity contribution in [3.8, 4) is 0 Å². The summed E-state index contributed by atoms with van der Waals surface area (Å²) in [5, 5.41) is 9.17. The first kappa shape index (κ1) is 17.4. The molecule has 0 aromatic carbocycles. The van der Waals surface area contributed by atoms with Gasteiger partial charge >= 0.3 is 5.97 Å². The number of hydrogen-bond acceptors (Lipinski definition) is 2. The molecule has 0 heterocycles. The van der Waals surface area contributed by atoms with Crippen LogP contribution in [0.3, 0.4) is 0 Å². The van der Waals surface area contributed by atoms with Gasteiger partial charge in [0.1, 0.15) is 0 Å². The average molecular weight is 271 g/mol. The van der Waals surface area contributed by atoms with Crippen molar-refractivity contribution < 1.29 is 9.53 Å². The second-order valence-corrected chi connectivity index (χ2v) is 10.9. The lowest BCUT2D eigenvalue weighted by atomic mass is 10.3. The van der Waals surface area contributed by atoms with E-state index >= 15 is 0 Å². The third kappa shape index (κ3) is 3.43. The molecular weight excluding hydrogens is 245 g/mol. The Bertz CT molecular complexity index is 320. The Morgan fingerprint density at radius 1 is 1.11 bits per heavy atom. The molecule has 0 spiro atoms. The molecule has 0 aromatic heterocycles. The Labute approximate surface area is 112 Å². The van der Waals surface area contributed by atoms with Crippen molar-refractivity contribution in [3.05, 3.63) is 11.0 Å². The highest BCUT2D eigenvalue weighted by Gasteiger charge is 2.48. The van der Waals surface area contributed by atoms with Crippen molar-refractivity contribution in [2.75, 3.05) is 13.3 Å². The predicted molar refractivity (Wildman–Crippen MR) is 81.1 cm³/mol. The van der Waals surface area contributed by atoms with Crippen LogP contribution < -0.4 is 0 Å². The van der Waals surface area contributed by atoms with Gasteiger partial charge in [0, 0.05) is 7.26 Å². The van der Waals surface area contributed by atoms with E-state index in [4.69, 9.17) is 10.1 Å². The van der Waals surface area contributed by atoms with Crippen LogP contribution in [0, 0.1) is 0 Å². The molecule has 0 amide bonds. The summed E-state index contributed by atoms with van der Waals surface area (Å²) < 4.78 is 4.71. The largest absolute Gasteiger partial charge is 0.763 e. The fraction of sp³-hybridized carbons (Fsp3) is 0.786. The zero-order chi connectivity index (χ0) is 14.5. The summed E-state index contributed by atoms with van der Waals surface area (Å²) >= 11 is 0. The van der Waals surface area contributed by atoms with Gasteiger partial charge in [0.05, 0.1) is 35.8 Å². The van der Waals surface area contributed by atoms with Gasteiger partial charge in [-0.05, 0) is 41.5 Å². The van der Waals surface area contributed by atoms with E-state index in [0.717, 1.165) is 0 Å². The van der Waals surface area contributed by atoms with Gasteiger partial charge < -0.3 is 10.1 Å². The Morgan fingerprint density at radius 2 is 1.50 bits per heavy atom. The molecular formula is C14H26NO2P. The number of methoxy groups -OCH3 is 1. The highest BCUT2D eigenvalue weighted by atomic mass is 31.2. The van der Waals surface area contributed by atoms with E-state index in [1.807, 2.05) is 5.87 Å². The highest BCUT2D eigenvalue weighted by molar-refractivity contribution is 7.78. The van der Waals surface area contributed by atoms with Crippen molar-refractivity contribution in [1.29, 1.82) is 0 Å². The smallest absolute Gasteiger partial charge is 0.343 e. The topological polar surface area (TPSA) is 48.6 Å². The summed E-state index contributed by atoms with van der Waals surface area (Å²) in [7, 11) is -0.0788. The molecule has 0 aromatic rings. The van der Waals surface area contributed by atoms with E-state index in [1.54, 1.807) is 0 Å². The third-order valence-corrected chi connectivity index (χ3v) is 10.5. The van der Waals surface area contributed by atoms with Crippen molar-refractivity contribution in [1.82, 2.24) is 0 Å². The zero-order valence-electron chi connectivity index (χ0n) is 12.7. The minimum absolute atomic E-state index is 0.280. The molecule has 0 saturated heterocycles. The molecule has 0 aliphatic rings. The van der Waals surface area contributed by atoms with Crippen molar-refractivity contribution in [2.24, 2.45) is 0 Å². The minimum Gasteiger partial charge on any atom is -0.763 e. The lowest BCUT2D eigenvalue weighted by molar-refractivity contribution is -0.135. The van der Waals surface area contributed by atoms with Crippen molar-refractivity contribution in [3.63, 3.8) is 0 Å². The van der Waals surface area contributed by atoms with Crippen LogP contribution in [0.5, 0.6) is 0 Å². The average Bonchev–Trinajstić information content (AvgIpc) is 2.28. The first-order valence-corrected chi connectivity index (χ1v) is 8.63. The van der Waals surface area contributed by atoms with Gasteiger partial charge in [0.2, 0.25) is 0 Å². The first-order chi connectivity index (χ1) is 8.23. The van der Waals surface area contributed by atoms with Crippen LogP contribution in [0.25, 0.3) is 5.41 Å². The van der Waals surface area contributed by atoms with Gasteiger partial charge in [-0.25, -0.2) is 4.79 Å². The minimum atomic E-state index is -1.41. The van der Waals surface area contributed by atoms with Gasteiger partial charge in [-0.2, -0.15) is 0 Å². The second-order valence-electron chi connectivity index (χ2n) is 5.52. The highest BCUT2D eigenvalue weighted by Crippen LogP contribution is 2.70. The normalized spacial score (nSPS) is 11.9. The van der Waals surface area contributed by atoms with E-state index < -0.39 is 13.2 Å². The summed E-state index contributed by atoms with van der Waals surface area (Å²) in [6.07, 6.45) is 0.600. The van der Waals surface area contributed by atoms with E-state index in [1.165, 1.54) is 7.11 Å². The second kappa shape index (κ2) is 7.07. The number of carbonyl (C=O) groups is 1. The predicted octanol–water partition coefficient (Wildman–Crippen LogP) is 3.57. The Kier molecular flexibility index (Phi) is 6.81. The summed E-state index contributed by atoms with van der Waals surface area (Å²) in [5.41, 5.74) is 1.79. The zero-order valence-corrected chi connectivity index (χ0v) is 13.5. The molecule has 0 rings (SSSR count). The molecule has 18 heavy (non-hydrogen) atoms. The summed E-state index contributed by atoms with van der Waals surface area (Å²) in [6, 6.07) is 0. The maximum atomic E-state index is 11.6. The van der Waals surface area contributed by atoms with Crippen LogP contribution in [0.4, 0.5) is 0 Å². The SMILES string of the molecule is COC(=O)C(=C=[N-])C[P+](C(C)C)(C(C)C)C(C)C. The lowest BCUT2D eigenvalue weighted by Crippen LogP contribution is -2.28. The van der Waals surface area contributed by atoms with Crippen LogP contribution in [-0.2, 0) is 9.53 Å². The maximum Gasteiger partial charge on any atom is 0.343 e. The summed E-state index contributed by atoms with van der Waals surface area (Å²) in [4.78, 5) is 11.6. The van der Waals surface area contributed by atoms with Crippen LogP contribution in [0.15, 0.2) is 5.57 Å². The van der Waals surface area contributed by atoms with E-state index in [2.05, 4.69) is 41.5 Å². The number of hydrogen-bond donors (Lipinski definition) is 0. The Balaban J connectivity index is 5.49. The molecule has 0 aliphatic heterocycles. The fourth-order valence-electron chi connectivity index (χ4n) is 2.88. The number of rotatable bonds is 6. The molecule has 0 aliphatic carbocycles. The maximum absolute atomic E-state index is 11.6. The molecule has 3 nitrogen and oxygen atoms in total. The standard InChI is InChI=1S/C14H26NO2P/c1-10(2)18(11(3)4,12(5)6)9-13(8-15)14(16)17-7/h10-12H,9H2,1-7H3. The first-order valence-electron chi connectivity index (χ1n) is 6.45. The van der Waals surface area contributed by atoms with Gasteiger partial charge in [0.15, 0.2) is 0 Å². The lowest BCUT2D eigenvalue weighted by Gasteiger charge is -2.38. The van der Waals surface area contributed by atoms with Crippen molar-refractivity contribution >= 4 is 19.1 Å². The van der Waals surface area contributed by atoms with Gasteiger partial charge in [-0.3, -0.25) is 5.87 Å². The van der Waals surface area contributed by atoms with Crippen LogP contribution in [0.1, 0.15) is 41.5 Å².